The average molecular weight is 340 g/mol. The molecule has 0 radical (unpaired) electrons. The fourth-order valence-electron chi connectivity index (χ4n) is 3.19. The molecule has 0 aromatic carbocycles. The fourth-order valence-corrected chi connectivity index (χ4v) is 3.19. The van der Waals surface area contributed by atoms with Crippen molar-refractivity contribution in [2.75, 3.05) is 19.7 Å². The van der Waals surface area contributed by atoms with E-state index in [1.165, 1.54) is 64.5 Å². The van der Waals surface area contributed by atoms with E-state index in [1.54, 1.807) is 6.92 Å². The molecule has 0 aliphatic rings. The van der Waals surface area contributed by atoms with Crippen LogP contribution in [0, 0.1) is 0 Å². The number of rotatable bonds is 16. The summed E-state index contributed by atoms with van der Waals surface area (Å²) in [6.45, 7) is 15.2. The lowest BCUT2D eigenvalue weighted by molar-refractivity contribution is -0.139. The molecule has 0 saturated heterocycles. The summed E-state index contributed by atoms with van der Waals surface area (Å²) in [5.74, 6) is -0.260. The SMILES string of the molecule is C=C(C)C(=O)OCCCCCCCC(CCC)N(CCC)CCC. The third kappa shape index (κ3) is 11.7. The molecule has 0 N–H and O–H groups in total. The van der Waals surface area contributed by atoms with Crippen LogP contribution in [0.4, 0.5) is 0 Å². The van der Waals surface area contributed by atoms with Crippen molar-refractivity contribution < 1.29 is 9.53 Å². The van der Waals surface area contributed by atoms with Crippen LogP contribution in [-0.2, 0) is 9.53 Å². The van der Waals surface area contributed by atoms with Crippen LogP contribution < -0.4 is 0 Å². The highest BCUT2D eigenvalue weighted by atomic mass is 16.5. The van der Waals surface area contributed by atoms with Crippen molar-refractivity contribution in [3.05, 3.63) is 12.2 Å². The zero-order valence-corrected chi connectivity index (χ0v) is 16.7. The first-order chi connectivity index (χ1) is 11.6. The predicted octanol–water partition coefficient (Wildman–Crippen LogP) is 5.74. The van der Waals surface area contributed by atoms with E-state index in [4.69, 9.17) is 4.74 Å². The van der Waals surface area contributed by atoms with Gasteiger partial charge in [-0.05, 0) is 52.1 Å². The molecule has 0 bridgehead atoms. The second-order valence-corrected chi connectivity index (χ2v) is 6.95. The second kappa shape index (κ2) is 15.7. The van der Waals surface area contributed by atoms with Crippen molar-refractivity contribution in [3.63, 3.8) is 0 Å². The van der Waals surface area contributed by atoms with Gasteiger partial charge in [-0.15, -0.1) is 0 Å². The zero-order chi connectivity index (χ0) is 18.2. The highest BCUT2D eigenvalue weighted by Gasteiger charge is 2.15. The molecular weight excluding hydrogens is 298 g/mol. The molecule has 0 aliphatic heterocycles. The molecule has 24 heavy (non-hydrogen) atoms. The molecule has 0 rings (SSSR count). The van der Waals surface area contributed by atoms with E-state index < -0.39 is 0 Å². The Balaban J connectivity index is 3.83. The van der Waals surface area contributed by atoms with E-state index in [9.17, 15) is 4.79 Å². The third-order valence-electron chi connectivity index (χ3n) is 4.42. The Labute approximate surface area is 150 Å². The van der Waals surface area contributed by atoms with Gasteiger partial charge in [0.15, 0.2) is 0 Å². The van der Waals surface area contributed by atoms with Crippen molar-refractivity contribution in [1.29, 1.82) is 0 Å². The molecule has 1 unspecified atom stereocenters. The minimum Gasteiger partial charge on any atom is -0.462 e. The summed E-state index contributed by atoms with van der Waals surface area (Å²) in [7, 11) is 0. The number of hydrogen-bond donors (Lipinski definition) is 0. The van der Waals surface area contributed by atoms with Gasteiger partial charge in [0.1, 0.15) is 0 Å². The van der Waals surface area contributed by atoms with Gasteiger partial charge in [-0.1, -0.05) is 59.5 Å². The lowest BCUT2D eigenvalue weighted by Gasteiger charge is -2.31. The van der Waals surface area contributed by atoms with Gasteiger partial charge < -0.3 is 9.64 Å². The molecule has 142 valence electrons. The zero-order valence-electron chi connectivity index (χ0n) is 16.7. The highest BCUT2D eigenvalue weighted by molar-refractivity contribution is 5.86. The Bertz CT molecular complexity index is 322. The average Bonchev–Trinajstić information content (AvgIpc) is 2.55. The fraction of sp³-hybridized carbons (Fsp3) is 0.857. The highest BCUT2D eigenvalue weighted by Crippen LogP contribution is 2.17. The number of esters is 1. The largest absolute Gasteiger partial charge is 0.462 e. The van der Waals surface area contributed by atoms with E-state index in [-0.39, 0.29) is 5.97 Å². The summed E-state index contributed by atoms with van der Waals surface area (Å²) >= 11 is 0. The Morgan fingerprint density at radius 2 is 1.50 bits per heavy atom. The van der Waals surface area contributed by atoms with E-state index in [2.05, 4.69) is 32.3 Å². The van der Waals surface area contributed by atoms with Crippen molar-refractivity contribution in [1.82, 2.24) is 4.90 Å². The van der Waals surface area contributed by atoms with Gasteiger partial charge >= 0.3 is 5.97 Å². The summed E-state index contributed by atoms with van der Waals surface area (Å²) in [6.07, 6.45) is 12.4. The van der Waals surface area contributed by atoms with Gasteiger partial charge in [-0.2, -0.15) is 0 Å². The minimum atomic E-state index is -0.260. The molecule has 1 atom stereocenters. The molecule has 3 nitrogen and oxygen atoms in total. The molecule has 0 saturated carbocycles. The van der Waals surface area contributed by atoms with Crippen LogP contribution in [0.3, 0.4) is 0 Å². The number of carbonyl (C=O) groups is 1. The van der Waals surface area contributed by atoms with Crippen LogP contribution in [0.2, 0.25) is 0 Å². The van der Waals surface area contributed by atoms with Crippen molar-refractivity contribution in [2.45, 2.75) is 97.9 Å². The van der Waals surface area contributed by atoms with E-state index in [1.807, 2.05) is 0 Å². The molecule has 3 heteroatoms. The summed E-state index contributed by atoms with van der Waals surface area (Å²) in [6, 6.07) is 0.770. The predicted molar refractivity (Wildman–Crippen MR) is 104 cm³/mol. The molecular formula is C21H41NO2. The quantitative estimate of drug-likeness (QED) is 0.204. The molecule has 0 heterocycles. The molecule has 0 spiro atoms. The minimum absolute atomic E-state index is 0.260. The van der Waals surface area contributed by atoms with Crippen LogP contribution in [0.15, 0.2) is 12.2 Å². The van der Waals surface area contributed by atoms with Crippen LogP contribution in [-0.4, -0.2) is 36.6 Å². The van der Waals surface area contributed by atoms with E-state index in [0.29, 0.717) is 12.2 Å². The smallest absolute Gasteiger partial charge is 0.333 e. The first kappa shape index (κ1) is 23.2. The topological polar surface area (TPSA) is 29.5 Å². The lowest BCUT2D eigenvalue weighted by atomic mass is 10.0. The summed E-state index contributed by atoms with van der Waals surface area (Å²) in [5, 5.41) is 0. The number of unbranched alkanes of at least 4 members (excludes halogenated alkanes) is 4. The van der Waals surface area contributed by atoms with Crippen LogP contribution in [0.5, 0.6) is 0 Å². The third-order valence-corrected chi connectivity index (χ3v) is 4.42. The number of nitrogens with zero attached hydrogens (tertiary/aromatic N) is 1. The lowest BCUT2D eigenvalue weighted by Crippen LogP contribution is -2.36. The van der Waals surface area contributed by atoms with Gasteiger partial charge in [0.25, 0.3) is 0 Å². The standard InChI is InChI=1S/C21H41NO2/c1-6-14-20(22(16-7-2)17-8-3)15-12-10-9-11-13-18-24-21(23)19(4)5/h20H,4,6-18H2,1-3,5H3. The Hall–Kier alpha value is -0.830. The van der Waals surface area contributed by atoms with Gasteiger partial charge in [0.05, 0.1) is 6.61 Å². The molecule has 0 amide bonds. The summed E-state index contributed by atoms with van der Waals surface area (Å²) in [5.41, 5.74) is 0.487. The van der Waals surface area contributed by atoms with E-state index in [0.717, 1.165) is 18.9 Å². The second-order valence-electron chi connectivity index (χ2n) is 6.95. The van der Waals surface area contributed by atoms with Crippen LogP contribution in [0.1, 0.15) is 91.9 Å². The maximum Gasteiger partial charge on any atom is 0.333 e. The monoisotopic (exact) mass is 339 g/mol. The maximum atomic E-state index is 11.3. The number of ether oxygens (including phenoxy) is 1. The summed E-state index contributed by atoms with van der Waals surface area (Å²) in [4.78, 5) is 14.0. The maximum absolute atomic E-state index is 11.3. The summed E-state index contributed by atoms with van der Waals surface area (Å²) < 4.78 is 5.12. The van der Waals surface area contributed by atoms with Crippen LogP contribution in [0.25, 0.3) is 0 Å². The molecule has 0 aromatic rings. The first-order valence-electron chi connectivity index (χ1n) is 10.1. The van der Waals surface area contributed by atoms with Gasteiger partial charge in [-0.3, -0.25) is 0 Å². The van der Waals surface area contributed by atoms with Crippen molar-refractivity contribution in [2.24, 2.45) is 0 Å². The van der Waals surface area contributed by atoms with Gasteiger partial charge in [0.2, 0.25) is 0 Å². The Kier molecular flexibility index (Phi) is 15.1. The van der Waals surface area contributed by atoms with Crippen molar-refractivity contribution >= 4 is 5.97 Å². The normalized spacial score (nSPS) is 12.4. The molecule has 0 aliphatic carbocycles. The van der Waals surface area contributed by atoms with Gasteiger partial charge in [0, 0.05) is 11.6 Å². The number of hydrogen-bond acceptors (Lipinski definition) is 3. The number of carbonyl (C=O) groups excluding carboxylic acids is 1. The Morgan fingerprint density at radius 3 is 2.04 bits per heavy atom. The molecule has 0 fully saturated rings. The van der Waals surface area contributed by atoms with Gasteiger partial charge in [-0.25, -0.2) is 4.79 Å². The van der Waals surface area contributed by atoms with Crippen LogP contribution >= 0.6 is 0 Å². The van der Waals surface area contributed by atoms with Crippen molar-refractivity contribution in [3.8, 4) is 0 Å². The first-order valence-corrected chi connectivity index (χ1v) is 10.1. The van der Waals surface area contributed by atoms with E-state index >= 15 is 0 Å². The molecule has 0 aromatic heterocycles. The Morgan fingerprint density at radius 1 is 0.917 bits per heavy atom.